The zero-order chi connectivity index (χ0) is 14.0. The Bertz CT molecular complexity index is 472. The van der Waals surface area contributed by atoms with Gasteiger partial charge in [-0.2, -0.15) is 0 Å². The molecule has 0 amide bonds. The predicted octanol–water partition coefficient (Wildman–Crippen LogP) is 3.04. The number of ketones is 1. The van der Waals surface area contributed by atoms with E-state index in [1.807, 2.05) is 0 Å². The number of carboxylic acids is 1. The highest BCUT2D eigenvalue weighted by atomic mass is 32.1. The van der Waals surface area contributed by atoms with E-state index in [2.05, 4.69) is 17.2 Å². The Morgan fingerprint density at radius 3 is 2.53 bits per heavy atom. The molecule has 5 nitrogen and oxygen atoms in total. The smallest absolute Gasteiger partial charge is 0.356 e. The first kappa shape index (κ1) is 14.0. The van der Waals surface area contributed by atoms with E-state index in [1.165, 1.54) is 32.6 Å². The van der Waals surface area contributed by atoms with Crippen LogP contribution in [0, 0.1) is 5.41 Å². The van der Waals surface area contributed by atoms with Gasteiger partial charge >= 0.3 is 5.97 Å². The molecule has 1 aliphatic carbocycles. The van der Waals surface area contributed by atoms with Crippen molar-refractivity contribution in [1.29, 1.82) is 0 Å². The lowest BCUT2D eigenvalue weighted by Gasteiger charge is -2.23. The Balaban J connectivity index is 2.10. The number of carbonyl (C=O) groups excluding carboxylic acids is 1. The van der Waals surface area contributed by atoms with Crippen LogP contribution in [0.5, 0.6) is 0 Å². The average Bonchev–Trinajstić information content (AvgIpc) is 2.93. The first-order valence-electron chi connectivity index (χ1n) is 6.40. The molecule has 0 aliphatic heterocycles. The minimum atomic E-state index is -1.15. The van der Waals surface area contributed by atoms with E-state index in [-0.39, 0.29) is 21.8 Å². The molecular weight excluding hydrogens is 264 g/mol. The fraction of sp³-hybridized carbons (Fsp3) is 0.615. The normalized spacial score (nSPS) is 17.4. The predicted molar refractivity (Wildman–Crippen MR) is 74.1 cm³/mol. The van der Waals surface area contributed by atoms with Crippen molar-refractivity contribution < 1.29 is 14.7 Å². The van der Waals surface area contributed by atoms with Crippen LogP contribution in [0.1, 0.15) is 59.7 Å². The van der Waals surface area contributed by atoms with Gasteiger partial charge in [0.1, 0.15) is 4.88 Å². The second-order valence-corrected chi connectivity index (χ2v) is 6.43. The molecule has 104 valence electrons. The largest absolute Gasteiger partial charge is 0.476 e. The molecule has 6 heteroatoms. The van der Waals surface area contributed by atoms with Crippen LogP contribution in [0.15, 0.2) is 0 Å². The van der Waals surface area contributed by atoms with Gasteiger partial charge in [0.15, 0.2) is 16.6 Å². The molecule has 0 bridgehead atoms. The minimum Gasteiger partial charge on any atom is -0.476 e. The first-order valence-corrected chi connectivity index (χ1v) is 7.22. The van der Waals surface area contributed by atoms with Gasteiger partial charge in [-0.25, -0.2) is 9.78 Å². The lowest BCUT2D eigenvalue weighted by Crippen LogP contribution is -2.22. The molecule has 2 N–H and O–H groups in total. The molecule has 2 rings (SSSR count). The number of aromatic nitrogens is 1. The van der Waals surface area contributed by atoms with E-state index < -0.39 is 5.97 Å². The Kier molecular flexibility index (Phi) is 3.89. The van der Waals surface area contributed by atoms with Crippen LogP contribution in [0.2, 0.25) is 0 Å². The van der Waals surface area contributed by atoms with E-state index in [4.69, 9.17) is 5.11 Å². The summed E-state index contributed by atoms with van der Waals surface area (Å²) in [4.78, 5) is 26.6. The number of nitrogens with zero attached hydrogens (tertiary/aromatic N) is 1. The van der Waals surface area contributed by atoms with Crippen molar-refractivity contribution >= 4 is 28.2 Å². The first-order chi connectivity index (χ1) is 8.91. The van der Waals surface area contributed by atoms with Crippen LogP contribution in [-0.2, 0) is 0 Å². The number of carbonyl (C=O) groups is 2. The van der Waals surface area contributed by atoms with Crippen molar-refractivity contribution in [3.05, 3.63) is 10.6 Å². The molecular formula is C13H18N2O3S. The fourth-order valence-electron chi connectivity index (χ4n) is 2.47. The fourth-order valence-corrected chi connectivity index (χ4v) is 3.32. The van der Waals surface area contributed by atoms with E-state index >= 15 is 0 Å². The monoisotopic (exact) mass is 282 g/mol. The topological polar surface area (TPSA) is 79.3 Å². The summed E-state index contributed by atoms with van der Waals surface area (Å²) in [5.41, 5.74) is 0.113. The summed E-state index contributed by atoms with van der Waals surface area (Å²) in [6.07, 6.45) is 4.84. The number of Topliss-reactive ketones (excluding diaryl/α,β-unsaturated/α-hetero) is 1. The molecule has 1 heterocycles. The van der Waals surface area contributed by atoms with Crippen LogP contribution in [-0.4, -0.2) is 28.4 Å². The van der Waals surface area contributed by atoms with Crippen molar-refractivity contribution in [2.75, 3.05) is 11.9 Å². The molecule has 0 saturated heterocycles. The Hall–Kier alpha value is -1.43. The van der Waals surface area contributed by atoms with E-state index in [1.54, 1.807) is 0 Å². The zero-order valence-corrected chi connectivity index (χ0v) is 12.0. The summed E-state index contributed by atoms with van der Waals surface area (Å²) in [5.74, 6) is -1.41. The molecule has 1 saturated carbocycles. The molecule has 0 spiro atoms. The maximum Gasteiger partial charge on any atom is 0.356 e. The molecule has 0 unspecified atom stereocenters. The summed E-state index contributed by atoms with van der Waals surface area (Å²) in [7, 11) is 0. The van der Waals surface area contributed by atoms with E-state index in [0.29, 0.717) is 5.13 Å². The van der Waals surface area contributed by atoms with Crippen molar-refractivity contribution in [3.8, 4) is 0 Å². The Morgan fingerprint density at radius 1 is 1.42 bits per heavy atom. The molecule has 0 atom stereocenters. The number of anilines is 1. The van der Waals surface area contributed by atoms with Gasteiger partial charge in [-0.15, -0.1) is 0 Å². The SMILES string of the molecule is CC(=O)c1sc(NCC2(C)CCCC2)nc1C(=O)O. The van der Waals surface area contributed by atoms with Gasteiger partial charge in [-0.1, -0.05) is 31.1 Å². The quantitative estimate of drug-likeness (QED) is 0.811. The third-order valence-electron chi connectivity index (χ3n) is 3.63. The molecule has 19 heavy (non-hydrogen) atoms. The van der Waals surface area contributed by atoms with Crippen molar-refractivity contribution in [2.24, 2.45) is 5.41 Å². The standard InChI is InChI=1S/C13H18N2O3S/c1-8(16)10-9(11(17)18)15-12(19-10)14-7-13(2)5-3-4-6-13/h3-7H2,1-2H3,(H,14,15)(H,17,18). The van der Waals surface area contributed by atoms with Crippen molar-refractivity contribution in [3.63, 3.8) is 0 Å². The van der Waals surface area contributed by atoms with Crippen LogP contribution in [0.4, 0.5) is 5.13 Å². The number of hydrogen-bond acceptors (Lipinski definition) is 5. The maximum atomic E-state index is 11.4. The number of hydrogen-bond donors (Lipinski definition) is 2. The van der Waals surface area contributed by atoms with Crippen LogP contribution in [0.25, 0.3) is 0 Å². The number of nitrogens with one attached hydrogen (secondary N) is 1. The number of aromatic carboxylic acids is 1. The third kappa shape index (κ3) is 3.12. The lowest BCUT2D eigenvalue weighted by molar-refractivity contribution is 0.0687. The van der Waals surface area contributed by atoms with Crippen LogP contribution < -0.4 is 5.32 Å². The van der Waals surface area contributed by atoms with Crippen LogP contribution >= 0.6 is 11.3 Å². The highest BCUT2D eigenvalue weighted by Gasteiger charge is 2.29. The van der Waals surface area contributed by atoms with Crippen LogP contribution in [0.3, 0.4) is 0 Å². The van der Waals surface area contributed by atoms with Gasteiger partial charge in [0.2, 0.25) is 0 Å². The molecule has 1 aromatic heterocycles. The summed E-state index contributed by atoms with van der Waals surface area (Å²) in [6, 6.07) is 0. The summed E-state index contributed by atoms with van der Waals surface area (Å²) >= 11 is 1.13. The van der Waals surface area contributed by atoms with Crippen molar-refractivity contribution in [1.82, 2.24) is 4.98 Å². The Morgan fingerprint density at radius 2 is 2.05 bits per heavy atom. The molecule has 1 fully saturated rings. The van der Waals surface area contributed by atoms with Gasteiger partial charge < -0.3 is 10.4 Å². The van der Waals surface area contributed by atoms with Gasteiger partial charge in [0, 0.05) is 13.5 Å². The van der Waals surface area contributed by atoms with Gasteiger partial charge in [0.05, 0.1) is 0 Å². The van der Waals surface area contributed by atoms with Crippen molar-refractivity contribution in [2.45, 2.75) is 39.5 Å². The number of carboxylic acid groups (broad SMARTS) is 1. The number of thiazole rings is 1. The van der Waals surface area contributed by atoms with Gasteiger partial charge in [-0.3, -0.25) is 4.79 Å². The van der Waals surface area contributed by atoms with Gasteiger partial charge in [0.25, 0.3) is 0 Å². The second kappa shape index (κ2) is 5.28. The zero-order valence-electron chi connectivity index (χ0n) is 11.2. The summed E-state index contributed by atoms with van der Waals surface area (Å²) in [5, 5.41) is 12.7. The summed E-state index contributed by atoms with van der Waals surface area (Å²) in [6.45, 7) is 4.36. The second-order valence-electron chi connectivity index (χ2n) is 5.43. The Labute approximate surface area is 116 Å². The average molecular weight is 282 g/mol. The lowest BCUT2D eigenvalue weighted by atomic mass is 9.89. The molecule has 1 aromatic rings. The highest BCUT2D eigenvalue weighted by molar-refractivity contribution is 7.17. The summed E-state index contributed by atoms with van der Waals surface area (Å²) < 4.78 is 0. The molecule has 0 aromatic carbocycles. The highest BCUT2D eigenvalue weighted by Crippen LogP contribution is 2.37. The number of rotatable bonds is 5. The molecule has 0 radical (unpaired) electrons. The van der Waals surface area contributed by atoms with E-state index in [9.17, 15) is 9.59 Å². The maximum absolute atomic E-state index is 11.4. The molecule has 1 aliphatic rings. The minimum absolute atomic E-state index is 0.142. The van der Waals surface area contributed by atoms with E-state index in [0.717, 1.165) is 17.9 Å². The van der Waals surface area contributed by atoms with Gasteiger partial charge in [-0.05, 0) is 18.3 Å². The third-order valence-corrected chi connectivity index (χ3v) is 4.74.